The summed E-state index contributed by atoms with van der Waals surface area (Å²) in [7, 11) is 0. The Balaban J connectivity index is 2.12. The molecule has 0 atom stereocenters. The van der Waals surface area contributed by atoms with Crippen LogP contribution in [0.25, 0.3) is 0 Å². The van der Waals surface area contributed by atoms with Gasteiger partial charge in [0, 0.05) is 21.7 Å². The van der Waals surface area contributed by atoms with Crippen LogP contribution < -0.4 is 16.6 Å². The fraction of sp³-hybridized carbons (Fsp3) is 0.385. The SMILES string of the molecule is Cc1ccc(CNc2cc(NN)nc(C(C)C)n2)s1. The maximum atomic E-state index is 5.43. The lowest BCUT2D eigenvalue weighted by atomic mass is 10.2. The van der Waals surface area contributed by atoms with Crippen molar-refractivity contribution < 1.29 is 0 Å². The van der Waals surface area contributed by atoms with E-state index in [0.29, 0.717) is 5.82 Å². The molecule has 0 saturated heterocycles. The minimum Gasteiger partial charge on any atom is -0.365 e. The Morgan fingerprint density at radius 1 is 1.26 bits per heavy atom. The third-order valence-corrected chi connectivity index (χ3v) is 3.65. The molecule has 5 nitrogen and oxygen atoms in total. The van der Waals surface area contributed by atoms with Gasteiger partial charge in [-0.2, -0.15) is 0 Å². The summed E-state index contributed by atoms with van der Waals surface area (Å²) in [5.74, 6) is 7.89. The van der Waals surface area contributed by atoms with Crippen molar-refractivity contribution in [2.45, 2.75) is 33.2 Å². The van der Waals surface area contributed by atoms with Gasteiger partial charge in [0.05, 0.1) is 6.54 Å². The van der Waals surface area contributed by atoms with Gasteiger partial charge in [0.25, 0.3) is 0 Å². The maximum Gasteiger partial charge on any atom is 0.145 e. The van der Waals surface area contributed by atoms with E-state index < -0.39 is 0 Å². The molecule has 4 N–H and O–H groups in total. The Bertz CT molecular complexity index is 550. The predicted molar refractivity (Wildman–Crippen MR) is 80.3 cm³/mol. The van der Waals surface area contributed by atoms with Gasteiger partial charge in [0.15, 0.2) is 0 Å². The molecule has 2 rings (SSSR count). The predicted octanol–water partition coefficient (Wildman–Crippen LogP) is 2.87. The Labute approximate surface area is 117 Å². The van der Waals surface area contributed by atoms with Gasteiger partial charge in [-0.05, 0) is 19.1 Å². The van der Waals surface area contributed by atoms with Crippen LogP contribution in [-0.4, -0.2) is 9.97 Å². The quantitative estimate of drug-likeness (QED) is 0.579. The second-order valence-electron chi connectivity index (χ2n) is 4.66. The van der Waals surface area contributed by atoms with Gasteiger partial charge in [0.2, 0.25) is 0 Å². The Kier molecular flexibility index (Phi) is 4.34. The molecule has 0 bridgehead atoms. The first-order chi connectivity index (χ1) is 9.08. The van der Waals surface area contributed by atoms with Crippen molar-refractivity contribution in [2.75, 3.05) is 10.7 Å². The van der Waals surface area contributed by atoms with Crippen LogP contribution in [0.15, 0.2) is 18.2 Å². The lowest BCUT2D eigenvalue weighted by Gasteiger charge is -2.10. The third kappa shape index (κ3) is 3.65. The molecule has 0 unspecified atom stereocenters. The Hall–Kier alpha value is -1.66. The zero-order chi connectivity index (χ0) is 13.8. The number of rotatable bonds is 5. The second kappa shape index (κ2) is 5.99. The minimum atomic E-state index is 0.262. The average molecular weight is 277 g/mol. The van der Waals surface area contributed by atoms with Crippen LogP contribution >= 0.6 is 11.3 Å². The summed E-state index contributed by atoms with van der Waals surface area (Å²) in [6.45, 7) is 6.98. The fourth-order valence-corrected chi connectivity index (χ4v) is 2.48. The molecule has 0 aromatic carbocycles. The number of nitrogens with zero attached hydrogens (tertiary/aromatic N) is 2. The number of hydrogen-bond donors (Lipinski definition) is 3. The zero-order valence-electron chi connectivity index (χ0n) is 11.4. The number of hydrogen-bond acceptors (Lipinski definition) is 6. The number of aromatic nitrogens is 2. The van der Waals surface area contributed by atoms with Crippen molar-refractivity contribution >= 4 is 23.0 Å². The summed E-state index contributed by atoms with van der Waals surface area (Å²) in [5.41, 5.74) is 2.58. The average Bonchev–Trinajstić information content (AvgIpc) is 2.81. The van der Waals surface area contributed by atoms with Crippen LogP contribution in [0, 0.1) is 6.92 Å². The van der Waals surface area contributed by atoms with Crippen molar-refractivity contribution in [1.29, 1.82) is 0 Å². The maximum absolute atomic E-state index is 5.43. The fourth-order valence-electron chi connectivity index (χ4n) is 1.65. The molecule has 2 aromatic heterocycles. The van der Waals surface area contributed by atoms with E-state index in [1.807, 2.05) is 6.07 Å². The summed E-state index contributed by atoms with van der Waals surface area (Å²) < 4.78 is 0. The molecule has 0 aliphatic rings. The monoisotopic (exact) mass is 277 g/mol. The zero-order valence-corrected chi connectivity index (χ0v) is 12.2. The highest BCUT2D eigenvalue weighted by Gasteiger charge is 2.07. The van der Waals surface area contributed by atoms with Gasteiger partial charge in [-0.3, -0.25) is 0 Å². The molecule has 2 heterocycles. The molecule has 0 aliphatic carbocycles. The van der Waals surface area contributed by atoms with Gasteiger partial charge in [0.1, 0.15) is 17.5 Å². The highest BCUT2D eigenvalue weighted by atomic mass is 32.1. The summed E-state index contributed by atoms with van der Waals surface area (Å²) in [6, 6.07) is 6.06. The number of aryl methyl sites for hydroxylation is 1. The van der Waals surface area contributed by atoms with E-state index >= 15 is 0 Å². The first-order valence-corrected chi connectivity index (χ1v) is 7.05. The van der Waals surface area contributed by atoms with Gasteiger partial charge in [-0.1, -0.05) is 13.8 Å². The van der Waals surface area contributed by atoms with Crippen molar-refractivity contribution in [2.24, 2.45) is 5.84 Å². The van der Waals surface area contributed by atoms with Crippen molar-refractivity contribution in [3.05, 3.63) is 33.8 Å². The molecule has 0 spiro atoms. The third-order valence-electron chi connectivity index (χ3n) is 2.65. The summed E-state index contributed by atoms with van der Waals surface area (Å²) in [6.07, 6.45) is 0. The first kappa shape index (κ1) is 13.8. The Morgan fingerprint density at radius 2 is 2.00 bits per heavy atom. The summed E-state index contributed by atoms with van der Waals surface area (Å²) in [5, 5.41) is 3.31. The smallest absolute Gasteiger partial charge is 0.145 e. The van der Waals surface area contributed by atoms with Gasteiger partial charge in [-0.25, -0.2) is 15.8 Å². The van der Waals surface area contributed by atoms with E-state index in [1.165, 1.54) is 9.75 Å². The van der Waals surface area contributed by atoms with Crippen LogP contribution in [0.5, 0.6) is 0 Å². The van der Waals surface area contributed by atoms with Crippen molar-refractivity contribution in [3.63, 3.8) is 0 Å². The lowest BCUT2D eigenvalue weighted by molar-refractivity contribution is 0.775. The van der Waals surface area contributed by atoms with Gasteiger partial charge < -0.3 is 10.7 Å². The largest absolute Gasteiger partial charge is 0.365 e. The molecule has 6 heteroatoms. The molecule has 2 aromatic rings. The summed E-state index contributed by atoms with van der Waals surface area (Å²) in [4.78, 5) is 11.4. The lowest BCUT2D eigenvalue weighted by Crippen LogP contribution is -2.12. The van der Waals surface area contributed by atoms with Crippen LogP contribution in [0.1, 0.15) is 35.3 Å². The van der Waals surface area contributed by atoms with E-state index in [1.54, 1.807) is 11.3 Å². The summed E-state index contributed by atoms with van der Waals surface area (Å²) >= 11 is 1.78. The highest BCUT2D eigenvalue weighted by Crippen LogP contribution is 2.19. The van der Waals surface area contributed by atoms with Crippen LogP contribution in [0.2, 0.25) is 0 Å². The molecule has 19 heavy (non-hydrogen) atoms. The van der Waals surface area contributed by atoms with Gasteiger partial charge >= 0.3 is 0 Å². The Morgan fingerprint density at radius 3 is 2.58 bits per heavy atom. The van der Waals surface area contributed by atoms with Crippen LogP contribution in [-0.2, 0) is 6.54 Å². The molecule has 102 valence electrons. The number of anilines is 2. The molecule has 0 radical (unpaired) electrons. The number of nitrogens with two attached hydrogens (primary N) is 1. The van der Waals surface area contributed by atoms with E-state index in [4.69, 9.17) is 5.84 Å². The molecular weight excluding hydrogens is 258 g/mol. The van der Waals surface area contributed by atoms with E-state index in [2.05, 4.69) is 53.6 Å². The van der Waals surface area contributed by atoms with Crippen LogP contribution in [0.3, 0.4) is 0 Å². The normalized spacial score (nSPS) is 10.8. The van der Waals surface area contributed by atoms with E-state index in [9.17, 15) is 0 Å². The van der Waals surface area contributed by atoms with Gasteiger partial charge in [-0.15, -0.1) is 11.3 Å². The standard InChI is InChI=1S/C13H19N5S/c1-8(2)13-16-11(6-12(17-13)18-14)15-7-10-5-4-9(3)19-10/h4-6,8H,7,14H2,1-3H3,(H2,15,16,17,18). The molecular formula is C13H19N5S. The second-order valence-corrected chi connectivity index (χ2v) is 6.03. The number of hydrazine groups is 1. The van der Waals surface area contributed by atoms with Crippen LogP contribution in [0.4, 0.5) is 11.6 Å². The molecule has 0 aliphatic heterocycles. The molecule has 0 amide bonds. The first-order valence-electron chi connectivity index (χ1n) is 6.23. The van der Waals surface area contributed by atoms with Crippen molar-refractivity contribution in [1.82, 2.24) is 9.97 Å². The number of thiophene rings is 1. The van der Waals surface area contributed by atoms with Crippen molar-refractivity contribution in [3.8, 4) is 0 Å². The molecule has 0 saturated carbocycles. The topological polar surface area (TPSA) is 75.9 Å². The minimum absolute atomic E-state index is 0.262. The number of nitrogens with one attached hydrogen (secondary N) is 2. The van der Waals surface area contributed by atoms with E-state index in [0.717, 1.165) is 18.2 Å². The molecule has 0 fully saturated rings. The number of nitrogen functional groups attached to an aromatic ring is 1. The van der Waals surface area contributed by atoms with E-state index in [-0.39, 0.29) is 5.92 Å². The highest BCUT2D eigenvalue weighted by molar-refractivity contribution is 7.11.